The first-order chi connectivity index (χ1) is 17.2. The summed E-state index contributed by atoms with van der Waals surface area (Å²) >= 11 is 0. The highest BCUT2D eigenvalue weighted by atomic mass is 19.4. The zero-order valence-corrected chi connectivity index (χ0v) is 19.0. The van der Waals surface area contributed by atoms with Crippen molar-refractivity contribution in [2.75, 3.05) is 0 Å². The number of ether oxygens (including phenoxy) is 1. The van der Waals surface area contributed by atoms with Crippen LogP contribution in [0.4, 0.5) is 13.2 Å². The molecule has 1 saturated carbocycles. The Morgan fingerprint density at radius 1 is 1.00 bits per heavy atom. The highest BCUT2D eigenvalue weighted by molar-refractivity contribution is 5.86. The Labute approximate surface area is 203 Å². The fourth-order valence-electron chi connectivity index (χ4n) is 4.85. The van der Waals surface area contributed by atoms with Crippen molar-refractivity contribution in [1.29, 1.82) is 0 Å². The molecule has 4 aromatic rings. The number of aromatic carboxylic acids is 1. The third-order valence-electron chi connectivity index (χ3n) is 6.46. The normalized spacial score (nSPS) is 14.8. The monoisotopic (exact) mass is 497 g/mol. The summed E-state index contributed by atoms with van der Waals surface area (Å²) < 4.78 is 43.0. The van der Waals surface area contributed by atoms with E-state index in [9.17, 15) is 27.9 Å². The van der Waals surface area contributed by atoms with Gasteiger partial charge in [-0.2, -0.15) is 9.61 Å². The fourth-order valence-corrected chi connectivity index (χ4v) is 4.85. The molecule has 36 heavy (non-hydrogen) atoms. The van der Waals surface area contributed by atoms with E-state index in [1.807, 2.05) is 0 Å². The largest absolute Gasteiger partial charge is 0.573 e. The van der Waals surface area contributed by atoms with Crippen LogP contribution in [0.15, 0.2) is 59.4 Å². The maximum absolute atomic E-state index is 13.5. The van der Waals surface area contributed by atoms with Gasteiger partial charge in [-0.05, 0) is 47.6 Å². The molecule has 5 rings (SSSR count). The predicted molar refractivity (Wildman–Crippen MR) is 126 cm³/mol. The van der Waals surface area contributed by atoms with Crippen LogP contribution < -0.4 is 10.3 Å². The second-order valence-electron chi connectivity index (χ2n) is 8.84. The molecule has 1 aliphatic carbocycles. The Balaban J connectivity index is 1.58. The van der Waals surface area contributed by atoms with Crippen LogP contribution in [-0.4, -0.2) is 32.0 Å². The Hall–Kier alpha value is -4.08. The Bertz CT molecular complexity index is 1480. The summed E-state index contributed by atoms with van der Waals surface area (Å²) in [5.41, 5.74) is 2.78. The van der Waals surface area contributed by atoms with E-state index >= 15 is 0 Å². The highest BCUT2D eigenvalue weighted by Crippen LogP contribution is 2.36. The van der Waals surface area contributed by atoms with Crippen LogP contribution in [0.25, 0.3) is 28.0 Å². The van der Waals surface area contributed by atoms with Gasteiger partial charge in [-0.15, -0.1) is 13.2 Å². The van der Waals surface area contributed by atoms with Crippen LogP contribution in [0.3, 0.4) is 0 Å². The van der Waals surface area contributed by atoms with Gasteiger partial charge in [-0.3, -0.25) is 4.79 Å². The van der Waals surface area contributed by atoms with Gasteiger partial charge in [0, 0.05) is 11.6 Å². The molecule has 0 unspecified atom stereocenters. The average Bonchev–Trinajstić information content (AvgIpc) is 3.29. The molecular formula is C26H22F3N3O4. The molecule has 0 aliphatic heterocycles. The van der Waals surface area contributed by atoms with Crippen molar-refractivity contribution in [3.8, 4) is 28.1 Å². The summed E-state index contributed by atoms with van der Waals surface area (Å²) in [6.45, 7) is 0. The number of rotatable bonds is 5. The standard InChI is InChI=1S/C26H22F3N3O4/c27-26(28,29)36-19-8-4-7-18(13-19)15-9-11-17(12-10-15)23-22(16-5-2-1-3-6-16)24(33)32-21(30-23)14-20(31-32)25(34)35/h4,7-14,16,30H,1-3,5-6H2,(H,34,35). The number of hydrogen-bond acceptors (Lipinski definition) is 4. The molecule has 10 heteroatoms. The number of carbonyl (C=O) groups is 1. The van der Waals surface area contributed by atoms with Crippen molar-refractivity contribution in [2.45, 2.75) is 44.4 Å². The molecule has 0 amide bonds. The number of fused-ring (bicyclic) bond motifs is 1. The average molecular weight is 497 g/mol. The van der Waals surface area contributed by atoms with Crippen molar-refractivity contribution in [3.05, 3.63) is 76.2 Å². The van der Waals surface area contributed by atoms with Crippen LogP contribution in [-0.2, 0) is 0 Å². The molecule has 2 heterocycles. The van der Waals surface area contributed by atoms with Gasteiger partial charge in [-0.1, -0.05) is 55.7 Å². The minimum Gasteiger partial charge on any atom is -0.476 e. The van der Waals surface area contributed by atoms with Gasteiger partial charge in [0.05, 0.1) is 5.69 Å². The molecule has 2 aromatic carbocycles. The SMILES string of the molecule is O=C(O)c1cc2[nH]c(-c3ccc(-c4cccc(OC(F)(F)F)c4)cc3)c(C3CCCCC3)c(=O)n2n1. The van der Waals surface area contributed by atoms with Gasteiger partial charge in [0.25, 0.3) is 5.56 Å². The van der Waals surface area contributed by atoms with E-state index in [1.165, 1.54) is 24.3 Å². The molecule has 0 radical (unpaired) electrons. The van der Waals surface area contributed by atoms with Gasteiger partial charge < -0.3 is 14.8 Å². The molecule has 0 saturated heterocycles. The zero-order chi connectivity index (χ0) is 25.4. The van der Waals surface area contributed by atoms with Crippen LogP contribution in [0.5, 0.6) is 5.75 Å². The summed E-state index contributed by atoms with van der Waals surface area (Å²) in [6, 6.07) is 14.1. The van der Waals surface area contributed by atoms with Crippen molar-refractivity contribution in [3.63, 3.8) is 0 Å². The van der Waals surface area contributed by atoms with Crippen LogP contribution in [0.1, 0.15) is 54.1 Å². The quantitative estimate of drug-likeness (QED) is 0.353. The highest BCUT2D eigenvalue weighted by Gasteiger charge is 2.31. The van der Waals surface area contributed by atoms with Gasteiger partial charge in [0.1, 0.15) is 11.4 Å². The molecule has 0 spiro atoms. The topological polar surface area (TPSA) is 96.7 Å². The summed E-state index contributed by atoms with van der Waals surface area (Å²) in [5, 5.41) is 13.3. The molecular weight excluding hydrogens is 475 g/mol. The Morgan fingerprint density at radius 3 is 2.36 bits per heavy atom. The first-order valence-electron chi connectivity index (χ1n) is 11.6. The molecule has 0 atom stereocenters. The zero-order valence-electron chi connectivity index (χ0n) is 19.0. The van der Waals surface area contributed by atoms with Crippen molar-refractivity contribution < 1.29 is 27.8 Å². The van der Waals surface area contributed by atoms with Crippen molar-refractivity contribution in [2.24, 2.45) is 0 Å². The number of nitrogens with zero attached hydrogens (tertiary/aromatic N) is 2. The van der Waals surface area contributed by atoms with Crippen LogP contribution >= 0.6 is 0 Å². The minimum atomic E-state index is -4.78. The summed E-state index contributed by atoms with van der Waals surface area (Å²) in [7, 11) is 0. The first-order valence-corrected chi connectivity index (χ1v) is 11.6. The number of H-pyrrole nitrogens is 1. The first kappa shape index (κ1) is 23.7. The second kappa shape index (κ2) is 9.18. The minimum absolute atomic E-state index is 0.00949. The lowest BCUT2D eigenvalue weighted by molar-refractivity contribution is -0.274. The van der Waals surface area contributed by atoms with E-state index in [-0.39, 0.29) is 28.6 Å². The van der Waals surface area contributed by atoms with E-state index in [2.05, 4.69) is 14.8 Å². The summed E-state index contributed by atoms with van der Waals surface area (Å²) in [4.78, 5) is 28.1. The Kier molecular flexibility index (Phi) is 6.03. The smallest absolute Gasteiger partial charge is 0.476 e. The second-order valence-corrected chi connectivity index (χ2v) is 8.84. The van der Waals surface area contributed by atoms with E-state index in [1.54, 1.807) is 30.3 Å². The summed E-state index contributed by atoms with van der Waals surface area (Å²) in [6.07, 6.45) is 0.00352. The molecule has 186 valence electrons. The van der Waals surface area contributed by atoms with Crippen molar-refractivity contribution >= 4 is 11.6 Å². The number of hydrogen-bond donors (Lipinski definition) is 2. The van der Waals surface area contributed by atoms with E-state index < -0.39 is 12.3 Å². The summed E-state index contributed by atoms with van der Waals surface area (Å²) in [5.74, 6) is -1.53. The third-order valence-corrected chi connectivity index (χ3v) is 6.46. The lowest BCUT2D eigenvalue weighted by Crippen LogP contribution is -2.25. The number of carboxylic acids is 1. The van der Waals surface area contributed by atoms with Crippen molar-refractivity contribution in [1.82, 2.24) is 14.6 Å². The number of halogens is 3. The van der Waals surface area contributed by atoms with Gasteiger partial charge >= 0.3 is 12.3 Å². The number of nitrogens with one attached hydrogen (secondary N) is 1. The van der Waals surface area contributed by atoms with E-state index in [4.69, 9.17) is 0 Å². The van der Waals surface area contributed by atoms with E-state index in [0.717, 1.165) is 36.6 Å². The number of benzene rings is 2. The number of carboxylic acid groups (broad SMARTS) is 1. The number of aromatic nitrogens is 3. The fraction of sp³-hybridized carbons (Fsp3) is 0.269. The predicted octanol–water partition coefficient (Wildman–Crippen LogP) is 6.00. The lowest BCUT2D eigenvalue weighted by Gasteiger charge is -2.23. The van der Waals surface area contributed by atoms with Crippen LogP contribution in [0, 0.1) is 0 Å². The third kappa shape index (κ3) is 4.71. The molecule has 2 N–H and O–H groups in total. The molecule has 1 aliphatic rings. The number of alkyl halides is 3. The maximum atomic E-state index is 13.5. The lowest BCUT2D eigenvalue weighted by atomic mass is 9.82. The van der Waals surface area contributed by atoms with E-state index in [0.29, 0.717) is 27.9 Å². The van der Waals surface area contributed by atoms with Crippen LogP contribution in [0.2, 0.25) is 0 Å². The maximum Gasteiger partial charge on any atom is 0.573 e. The van der Waals surface area contributed by atoms with Gasteiger partial charge in [-0.25, -0.2) is 4.79 Å². The Morgan fingerprint density at radius 2 is 1.69 bits per heavy atom. The molecule has 7 nitrogen and oxygen atoms in total. The molecule has 0 bridgehead atoms. The molecule has 1 fully saturated rings. The number of aromatic amines is 1. The molecule has 2 aromatic heterocycles. The van der Waals surface area contributed by atoms with Gasteiger partial charge in [0.15, 0.2) is 5.69 Å². The van der Waals surface area contributed by atoms with Gasteiger partial charge in [0.2, 0.25) is 0 Å².